The Morgan fingerprint density at radius 2 is 1.68 bits per heavy atom. The first-order valence-corrected chi connectivity index (χ1v) is 8.77. The van der Waals surface area contributed by atoms with Crippen LogP contribution in [-0.4, -0.2) is 37.8 Å². The number of carboxylic acids is 1. The molecule has 1 amide bonds. The van der Waals surface area contributed by atoms with Crippen molar-refractivity contribution >= 4 is 11.9 Å². The average Bonchev–Trinajstić information content (AvgIpc) is 2.65. The van der Waals surface area contributed by atoms with Crippen LogP contribution in [0.3, 0.4) is 0 Å². The summed E-state index contributed by atoms with van der Waals surface area (Å²) in [6, 6.07) is 9.95. The van der Waals surface area contributed by atoms with Crippen molar-refractivity contribution < 1.29 is 28.9 Å². The number of nitrogens with one attached hydrogen (secondary N) is 1. The van der Waals surface area contributed by atoms with Crippen LogP contribution in [0.15, 0.2) is 36.4 Å². The van der Waals surface area contributed by atoms with Crippen molar-refractivity contribution in [3.8, 4) is 17.2 Å². The van der Waals surface area contributed by atoms with Gasteiger partial charge in [0, 0.05) is 0 Å². The van der Waals surface area contributed by atoms with Gasteiger partial charge in [-0.2, -0.15) is 0 Å². The van der Waals surface area contributed by atoms with Crippen LogP contribution < -0.4 is 19.5 Å². The maximum absolute atomic E-state index is 12.4. The zero-order valence-corrected chi connectivity index (χ0v) is 16.4. The van der Waals surface area contributed by atoms with Crippen LogP contribution in [0.25, 0.3) is 0 Å². The number of methoxy groups -OCH3 is 2. The third-order valence-electron chi connectivity index (χ3n) is 4.21. The van der Waals surface area contributed by atoms with E-state index in [9.17, 15) is 14.7 Å². The van der Waals surface area contributed by atoms with E-state index in [4.69, 9.17) is 14.2 Å². The molecule has 150 valence electrons. The lowest BCUT2D eigenvalue weighted by atomic mass is 10.0. The standard InChI is InChI=1S/C21H25NO6/c1-13-5-7-17(14(2)9-13)28-12-20(23)22-16(11-21(24)25)15-6-8-18(26-3)19(10-15)27-4/h5-10,16H,11-12H2,1-4H3,(H,22,23)(H,24,25). The van der Waals surface area contributed by atoms with Crippen LogP contribution in [0.4, 0.5) is 0 Å². The highest BCUT2D eigenvalue weighted by Crippen LogP contribution is 2.31. The summed E-state index contributed by atoms with van der Waals surface area (Å²) in [5.41, 5.74) is 2.62. The van der Waals surface area contributed by atoms with E-state index in [0.717, 1.165) is 11.1 Å². The molecule has 2 rings (SSSR count). The van der Waals surface area contributed by atoms with Crippen LogP contribution in [0.2, 0.25) is 0 Å². The molecule has 0 aliphatic heterocycles. The largest absolute Gasteiger partial charge is 0.493 e. The number of carboxylic acid groups (broad SMARTS) is 1. The van der Waals surface area contributed by atoms with Crippen LogP contribution >= 0.6 is 0 Å². The van der Waals surface area contributed by atoms with Gasteiger partial charge in [-0.1, -0.05) is 23.8 Å². The fourth-order valence-corrected chi connectivity index (χ4v) is 2.84. The number of amides is 1. The molecule has 0 aromatic heterocycles. The van der Waals surface area contributed by atoms with Crippen molar-refractivity contribution in [2.24, 2.45) is 0 Å². The zero-order valence-electron chi connectivity index (χ0n) is 16.4. The maximum atomic E-state index is 12.4. The van der Waals surface area contributed by atoms with E-state index >= 15 is 0 Å². The molecule has 0 spiro atoms. The fraction of sp³-hybridized carbons (Fsp3) is 0.333. The predicted octanol–water partition coefficient (Wildman–Crippen LogP) is 3.03. The number of aryl methyl sites for hydroxylation is 2. The van der Waals surface area contributed by atoms with E-state index in [-0.39, 0.29) is 13.0 Å². The molecule has 28 heavy (non-hydrogen) atoms. The lowest BCUT2D eigenvalue weighted by molar-refractivity contribution is -0.137. The van der Waals surface area contributed by atoms with E-state index in [1.165, 1.54) is 14.2 Å². The molecule has 0 bridgehead atoms. The van der Waals surface area contributed by atoms with Gasteiger partial charge >= 0.3 is 5.97 Å². The lowest BCUT2D eigenvalue weighted by Gasteiger charge is -2.19. The fourth-order valence-electron chi connectivity index (χ4n) is 2.84. The molecule has 7 heteroatoms. The molecule has 2 N–H and O–H groups in total. The number of carbonyl (C=O) groups is 2. The van der Waals surface area contributed by atoms with E-state index in [0.29, 0.717) is 22.8 Å². The molecule has 0 heterocycles. The minimum Gasteiger partial charge on any atom is -0.493 e. The van der Waals surface area contributed by atoms with Gasteiger partial charge in [-0.05, 0) is 43.2 Å². The Morgan fingerprint density at radius 3 is 2.29 bits per heavy atom. The van der Waals surface area contributed by atoms with Gasteiger partial charge in [0.25, 0.3) is 5.91 Å². The Hall–Kier alpha value is -3.22. The molecule has 1 unspecified atom stereocenters. The predicted molar refractivity (Wildman–Crippen MR) is 104 cm³/mol. The highest BCUT2D eigenvalue weighted by atomic mass is 16.5. The zero-order chi connectivity index (χ0) is 20.7. The van der Waals surface area contributed by atoms with Crippen LogP contribution in [0.5, 0.6) is 17.2 Å². The van der Waals surface area contributed by atoms with Gasteiger partial charge in [-0.25, -0.2) is 0 Å². The van der Waals surface area contributed by atoms with E-state index in [1.54, 1.807) is 24.3 Å². The van der Waals surface area contributed by atoms with E-state index in [1.807, 2.05) is 26.0 Å². The van der Waals surface area contributed by atoms with Crippen LogP contribution in [0.1, 0.15) is 29.2 Å². The van der Waals surface area contributed by atoms with Crippen molar-refractivity contribution in [3.05, 3.63) is 53.1 Å². The molecule has 1 atom stereocenters. The van der Waals surface area contributed by atoms with Crippen molar-refractivity contribution in [1.29, 1.82) is 0 Å². The summed E-state index contributed by atoms with van der Waals surface area (Å²) in [5, 5.41) is 11.9. The summed E-state index contributed by atoms with van der Waals surface area (Å²) >= 11 is 0. The highest BCUT2D eigenvalue weighted by Gasteiger charge is 2.20. The molecule has 0 aliphatic rings. The first-order chi connectivity index (χ1) is 13.3. The second-order valence-corrected chi connectivity index (χ2v) is 6.39. The summed E-state index contributed by atoms with van der Waals surface area (Å²) in [7, 11) is 3.00. The van der Waals surface area contributed by atoms with Gasteiger partial charge in [0.05, 0.1) is 26.7 Å². The molecular weight excluding hydrogens is 362 g/mol. The summed E-state index contributed by atoms with van der Waals surface area (Å²) in [5.74, 6) is 0.138. The number of ether oxygens (including phenoxy) is 3. The second-order valence-electron chi connectivity index (χ2n) is 6.39. The van der Waals surface area contributed by atoms with E-state index < -0.39 is 17.9 Å². The summed E-state index contributed by atoms with van der Waals surface area (Å²) in [6.45, 7) is 3.66. The Labute approximate surface area is 164 Å². The Kier molecular flexibility index (Phi) is 7.26. The molecule has 0 fully saturated rings. The monoisotopic (exact) mass is 387 g/mol. The molecular formula is C21H25NO6. The van der Waals surface area contributed by atoms with Crippen molar-refractivity contribution in [2.45, 2.75) is 26.3 Å². The Bertz CT molecular complexity index is 849. The Balaban J connectivity index is 2.10. The minimum absolute atomic E-state index is 0.215. The van der Waals surface area contributed by atoms with Gasteiger partial charge < -0.3 is 24.6 Å². The van der Waals surface area contributed by atoms with E-state index in [2.05, 4.69) is 5.32 Å². The normalized spacial score (nSPS) is 11.4. The minimum atomic E-state index is -1.03. The summed E-state index contributed by atoms with van der Waals surface area (Å²) in [4.78, 5) is 23.6. The lowest BCUT2D eigenvalue weighted by Crippen LogP contribution is -2.34. The first kappa shape index (κ1) is 21.1. The van der Waals surface area contributed by atoms with Crippen molar-refractivity contribution in [1.82, 2.24) is 5.32 Å². The molecule has 7 nitrogen and oxygen atoms in total. The third-order valence-corrected chi connectivity index (χ3v) is 4.21. The summed E-state index contributed by atoms with van der Waals surface area (Å²) in [6.07, 6.45) is -0.273. The molecule has 2 aromatic carbocycles. The van der Waals surface area contributed by atoms with Crippen LogP contribution in [0, 0.1) is 13.8 Å². The molecule has 0 saturated heterocycles. The van der Waals surface area contributed by atoms with Gasteiger partial charge in [-0.3, -0.25) is 9.59 Å². The highest BCUT2D eigenvalue weighted by molar-refractivity contribution is 5.79. The summed E-state index contributed by atoms with van der Waals surface area (Å²) < 4.78 is 16.0. The number of rotatable bonds is 9. The smallest absolute Gasteiger partial charge is 0.305 e. The average molecular weight is 387 g/mol. The molecule has 0 radical (unpaired) electrons. The first-order valence-electron chi connectivity index (χ1n) is 8.77. The van der Waals surface area contributed by atoms with Crippen molar-refractivity contribution in [3.63, 3.8) is 0 Å². The second kappa shape index (κ2) is 9.64. The van der Waals surface area contributed by atoms with Gasteiger partial charge in [0.15, 0.2) is 18.1 Å². The Morgan fingerprint density at radius 1 is 1.00 bits per heavy atom. The quantitative estimate of drug-likeness (QED) is 0.687. The van der Waals surface area contributed by atoms with Gasteiger partial charge in [-0.15, -0.1) is 0 Å². The number of benzene rings is 2. The van der Waals surface area contributed by atoms with Gasteiger partial charge in [0.1, 0.15) is 5.75 Å². The maximum Gasteiger partial charge on any atom is 0.305 e. The molecule has 2 aromatic rings. The third kappa shape index (κ3) is 5.64. The SMILES string of the molecule is COc1ccc(C(CC(=O)O)NC(=O)COc2ccc(C)cc2C)cc1OC. The number of hydrogen-bond donors (Lipinski definition) is 2. The molecule has 0 saturated carbocycles. The van der Waals surface area contributed by atoms with Crippen LogP contribution in [-0.2, 0) is 9.59 Å². The molecule has 0 aliphatic carbocycles. The number of carbonyl (C=O) groups excluding carboxylic acids is 1. The number of hydrogen-bond acceptors (Lipinski definition) is 5. The number of aliphatic carboxylic acids is 1. The van der Waals surface area contributed by atoms with Gasteiger partial charge in [0.2, 0.25) is 0 Å². The van der Waals surface area contributed by atoms with Crippen molar-refractivity contribution in [2.75, 3.05) is 20.8 Å². The topological polar surface area (TPSA) is 94.1 Å².